The molecular formula is C16H25N3O2S. The molecule has 0 saturated heterocycles. The summed E-state index contributed by atoms with van der Waals surface area (Å²) in [5.74, 6) is 3.74. The highest BCUT2D eigenvalue weighted by molar-refractivity contribution is 7.98. The Bertz CT molecular complexity index is 508. The van der Waals surface area contributed by atoms with E-state index in [0.717, 1.165) is 42.7 Å². The van der Waals surface area contributed by atoms with Gasteiger partial charge in [-0.15, -0.1) is 0 Å². The Morgan fingerprint density at radius 2 is 2.09 bits per heavy atom. The largest absolute Gasteiger partial charge is 0.486 e. The number of thioether (sulfide) groups is 1. The fraction of sp³-hybridized carbons (Fsp3) is 0.562. The predicted octanol–water partition coefficient (Wildman–Crippen LogP) is 2.22. The van der Waals surface area contributed by atoms with Crippen molar-refractivity contribution >= 4 is 17.7 Å². The van der Waals surface area contributed by atoms with Crippen LogP contribution in [0.2, 0.25) is 0 Å². The molecule has 1 aliphatic rings. The number of rotatable bonds is 6. The number of hydrogen-bond acceptors (Lipinski definition) is 4. The Morgan fingerprint density at radius 3 is 2.82 bits per heavy atom. The molecule has 0 unspecified atom stereocenters. The van der Waals surface area contributed by atoms with Gasteiger partial charge in [0.15, 0.2) is 17.5 Å². The van der Waals surface area contributed by atoms with Gasteiger partial charge in [-0.25, -0.2) is 0 Å². The number of nitrogens with one attached hydrogen (secondary N) is 1. The Hall–Kier alpha value is -1.56. The molecular weight excluding hydrogens is 298 g/mol. The summed E-state index contributed by atoms with van der Waals surface area (Å²) in [4.78, 5) is 6.45. The third kappa shape index (κ3) is 4.73. The van der Waals surface area contributed by atoms with E-state index in [9.17, 15) is 0 Å². The molecule has 1 aromatic carbocycles. The zero-order valence-corrected chi connectivity index (χ0v) is 14.4. The minimum atomic E-state index is 0.616. The molecule has 1 aromatic rings. The van der Waals surface area contributed by atoms with Crippen LogP contribution in [0.4, 0.5) is 0 Å². The number of benzene rings is 1. The van der Waals surface area contributed by atoms with E-state index in [1.807, 2.05) is 38.0 Å². The number of aliphatic imine (C=N–C) groups is 1. The summed E-state index contributed by atoms with van der Waals surface area (Å²) in [5, 5.41) is 3.39. The van der Waals surface area contributed by atoms with Gasteiger partial charge in [-0.05, 0) is 36.1 Å². The summed E-state index contributed by atoms with van der Waals surface area (Å²) in [6, 6.07) is 6.10. The monoisotopic (exact) mass is 323 g/mol. The predicted molar refractivity (Wildman–Crippen MR) is 93.3 cm³/mol. The van der Waals surface area contributed by atoms with Gasteiger partial charge in [-0.3, -0.25) is 4.99 Å². The third-order valence-corrected chi connectivity index (χ3v) is 4.10. The molecule has 0 amide bonds. The van der Waals surface area contributed by atoms with Gasteiger partial charge in [0.05, 0.1) is 0 Å². The van der Waals surface area contributed by atoms with Gasteiger partial charge in [0.1, 0.15) is 13.2 Å². The van der Waals surface area contributed by atoms with Crippen LogP contribution in [0, 0.1) is 0 Å². The topological polar surface area (TPSA) is 46.1 Å². The van der Waals surface area contributed by atoms with E-state index >= 15 is 0 Å². The summed E-state index contributed by atoms with van der Waals surface area (Å²) in [5.41, 5.74) is 1.18. The lowest BCUT2D eigenvalue weighted by atomic mass is 10.2. The Kier molecular flexibility index (Phi) is 6.71. The quantitative estimate of drug-likeness (QED) is 0.494. The van der Waals surface area contributed by atoms with Crippen LogP contribution >= 0.6 is 11.8 Å². The van der Waals surface area contributed by atoms with Crippen LogP contribution < -0.4 is 14.8 Å². The van der Waals surface area contributed by atoms with Gasteiger partial charge in [-0.2, -0.15) is 11.8 Å². The van der Waals surface area contributed by atoms with Gasteiger partial charge in [0.2, 0.25) is 0 Å². The summed E-state index contributed by atoms with van der Waals surface area (Å²) >= 11 is 1.87. The summed E-state index contributed by atoms with van der Waals surface area (Å²) in [7, 11) is 3.86. The molecule has 122 valence electrons. The van der Waals surface area contributed by atoms with Gasteiger partial charge < -0.3 is 19.7 Å². The lowest BCUT2D eigenvalue weighted by Crippen LogP contribution is -2.39. The second-order valence-corrected chi connectivity index (χ2v) is 6.14. The molecule has 1 N–H and O–H groups in total. The Morgan fingerprint density at radius 1 is 1.32 bits per heavy atom. The maximum absolute atomic E-state index is 5.63. The Labute approximate surface area is 137 Å². The maximum atomic E-state index is 5.63. The molecule has 0 bridgehead atoms. The minimum Gasteiger partial charge on any atom is -0.486 e. The zero-order valence-electron chi connectivity index (χ0n) is 13.6. The lowest BCUT2D eigenvalue weighted by Gasteiger charge is -2.23. The number of hydrogen-bond donors (Lipinski definition) is 1. The van der Waals surface area contributed by atoms with Crippen LogP contribution in [0.1, 0.15) is 12.0 Å². The van der Waals surface area contributed by atoms with Crippen molar-refractivity contribution in [2.75, 3.05) is 45.9 Å². The summed E-state index contributed by atoms with van der Waals surface area (Å²) in [6.07, 6.45) is 3.26. The molecule has 0 fully saturated rings. The first-order chi connectivity index (χ1) is 10.7. The van der Waals surface area contributed by atoms with Crippen molar-refractivity contribution in [1.29, 1.82) is 0 Å². The average Bonchev–Trinajstić information content (AvgIpc) is 2.54. The lowest BCUT2D eigenvalue weighted by molar-refractivity contribution is 0.171. The molecule has 0 atom stereocenters. The van der Waals surface area contributed by atoms with Crippen molar-refractivity contribution in [2.24, 2.45) is 4.99 Å². The molecule has 2 rings (SSSR count). The smallest absolute Gasteiger partial charge is 0.193 e. The van der Waals surface area contributed by atoms with Gasteiger partial charge in [0.25, 0.3) is 0 Å². The standard InChI is InChI=1S/C16H25N3O2S/c1-17-16(18-7-4-10-22-3)19(2)12-13-5-6-14-15(11-13)21-9-8-20-14/h5-6,11H,4,7-10,12H2,1-3H3,(H,17,18). The highest BCUT2D eigenvalue weighted by Gasteiger charge is 2.13. The van der Waals surface area contributed by atoms with Crippen molar-refractivity contribution < 1.29 is 9.47 Å². The van der Waals surface area contributed by atoms with E-state index in [1.54, 1.807) is 0 Å². The van der Waals surface area contributed by atoms with E-state index < -0.39 is 0 Å². The Balaban J connectivity index is 1.91. The molecule has 0 aromatic heterocycles. The van der Waals surface area contributed by atoms with E-state index in [0.29, 0.717) is 13.2 Å². The first-order valence-electron chi connectivity index (χ1n) is 7.54. The molecule has 5 nitrogen and oxygen atoms in total. The second-order valence-electron chi connectivity index (χ2n) is 5.15. The van der Waals surface area contributed by atoms with Crippen molar-refractivity contribution in [1.82, 2.24) is 10.2 Å². The van der Waals surface area contributed by atoms with Crippen molar-refractivity contribution in [3.05, 3.63) is 23.8 Å². The number of fused-ring (bicyclic) bond motifs is 1. The molecule has 1 aliphatic heterocycles. The SMILES string of the molecule is CN=C(NCCCSC)N(C)Cc1ccc2c(c1)OCCO2. The maximum Gasteiger partial charge on any atom is 0.193 e. The fourth-order valence-electron chi connectivity index (χ4n) is 2.34. The molecule has 22 heavy (non-hydrogen) atoms. The van der Waals surface area contributed by atoms with E-state index in [-0.39, 0.29) is 0 Å². The van der Waals surface area contributed by atoms with Crippen LogP contribution in [0.5, 0.6) is 11.5 Å². The van der Waals surface area contributed by atoms with Crippen molar-refractivity contribution in [2.45, 2.75) is 13.0 Å². The molecule has 0 aliphatic carbocycles. The first-order valence-corrected chi connectivity index (χ1v) is 8.93. The number of guanidine groups is 1. The van der Waals surface area contributed by atoms with Crippen molar-refractivity contribution in [3.63, 3.8) is 0 Å². The molecule has 1 heterocycles. The normalized spacial score (nSPS) is 13.9. The number of nitrogens with zero attached hydrogens (tertiary/aromatic N) is 2. The van der Waals surface area contributed by atoms with Gasteiger partial charge in [0, 0.05) is 27.2 Å². The second kappa shape index (κ2) is 8.78. The summed E-state index contributed by atoms with van der Waals surface area (Å²) < 4.78 is 11.2. The van der Waals surface area contributed by atoms with Crippen LogP contribution in [-0.4, -0.2) is 56.7 Å². The summed E-state index contributed by atoms with van der Waals surface area (Å²) in [6.45, 7) is 2.96. The van der Waals surface area contributed by atoms with Gasteiger partial charge in [-0.1, -0.05) is 6.07 Å². The molecule has 0 radical (unpaired) electrons. The van der Waals surface area contributed by atoms with Gasteiger partial charge >= 0.3 is 0 Å². The van der Waals surface area contributed by atoms with E-state index in [4.69, 9.17) is 9.47 Å². The molecule has 6 heteroatoms. The van der Waals surface area contributed by atoms with E-state index in [2.05, 4.69) is 27.5 Å². The zero-order chi connectivity index (χ0) is 15.8. The molecule has 0 spiro atoms. The van der Waals surface area contributed by atoms with E-state index in [1.165, 1.54) is 5.56 Å². The highest BCUT2D eigenvalue weighted by atomic mass is 32.2. The number of ether oxygens (including phenoxy) is 2. The first kappa shape index (κ1) is 16.8. The minimum absolute atomic E-state index is 0.616. The van der Waals surface area contributed by atoms with Crippen molar-refractivity contribution in [3.8, 4) is 11.5 Å². The average molecular weight is 323 g/mol. The third-order valence-electron chi connectivity index (χ3n) is 3.41. The highest BCUT2D eigenvalue weighted by Crippen LogP contribution is 2.30. The van der Waals surface area contributed by atoms with Crippen LogP contribution in [0.25, 0.3) is 0 Å². The van der Waals surface area contributed by atoms with Crippen LogP contribution in [0.3, 0.4) is 0 Å². The molecule has 0 saturated carbocycles. The van der Waals surface area contributed by atoms with Crippen LogP contribution in [0.15, 0.2) is 23.2 Å². The van der Waals surface area contributed by atoms with Crippen LogP contribution in [-0.2, 0) is 6.54 Å². The fourth-order valence-corrected chi connectivity index (χ4v) is 2.77.